The molecule has 9 heteroatoms. The molecule has 2 aromatic heterocycles. The highest BCUT2D eigenvalue weighted by Crippen LogP contribution is 2.50. The van der Waals surface area contributed by atoms with E-state index in [0.29, 0.717) is 5.69 Å². The second-order valence-electron chi connectivity index (χ2n) is 8.83. The number of benzene rings is 1. The number of aromatic nitrogens is 2. The number of amides is 3. The van der Waals surface area contributed by atoms with Crippen LogP contribution in [0.4, 0.5) is 16.2 Å². The van der Waals surface area contributed by atoms with Crippen LogP contribution in [0.3, 0.4) is 0 Å². The van der Waals surface area contributed by atoms with Gasteiger partial charge in [0, 0.05) is 35.6 Å². The molecule has 4 N–H and O–H groups in total. The molecule has 172 valence electrons. The summed E-state index contributed by atoms with van der Waals surface area (Å²) in [5, 5.41) is 6.45. The lowest BCUT2D eigenvalue weighted by Gasteiger charge is -2.34. The molecule has 34 heavy (non-hydrogen) atoms. The van der Waals surface area contributed by atoms with E-state index in [1.54, 1.807) is 17.3 Å². The SMILES string of the molecule is N[C@@H]1CCC[C@@H]1NC(=O)C1Sc2nccc3c2C1NC(=O)N3c1ccnc(-c2ccccc2)c1. The van der Waals surface area contributed by atoms with Crippen molar-refractivity contribution in [1.29, 1.82) is 0 Å². The standard InChI is InChI=1S/C25H24N6O2S/c26-16-7-4-8-17(16)29-23(32)22-21-20-19(10-12-28-24(20)34-22)31(25(33)30-21)15-9-11-27-18(13-15)14-5-2-1-3-6-14/h1-3,5-6,9-13,16-17,21-22H,4,7-8,26H2,(H,29,32)(H,30,33)/t16-,17+,21?,22?/m1/s1. The Morgan fingerprint density at radius 1 is 1.12 bits per heavy atom. The summed E-state index contributed by atoms with van der Waals surface area (Å²) in [6, 6.07) is 14.6. The topological polar surface area (TPSA) is 113 Å². The molecule has 8 nitrogen and oxygen atoms in total. The highest BCUT2D eigenvalue weighted by Gasteiger charge is 2.47. The Balaban J connectivity index is 1.33. The molecule has 4 heterocycles. The van der Waals surface area contributed by atoms with Gasteiger partial charge >= 0.3 is 6.03 Å². The van der Waals surface area contributed by atoms with E-state index in [1.807, 2.05) is 48.5 Å². The summed E-state index contributed by atoms with van der Waals surface area (Å²) in [4.78, 5) is 37.2. The number of thioether (sulfide) groups is 1. The van der Waals surface area contributed by atoms with Crippen LogP contribution in [-0.4, -0.2) is 39.2 Å². The number of hydrogen-bond donors (Lipinski definition) is 3. The monoisotopic (exact) mass is 472 g/mol. The first-order chi connectivity index (χ1) is 16.6. The first-order valence-electron chi connectivity index (χ1n) is 11.4. The van der Waals surface area contributed by atoms with E-state index in [9.17, 15) is 9.59 Å². The van der Waals surface area contributed by atoms with E-state index in [0.717, 1.165) is 46.8 Å². The maximum absolute atomic E-state index is 13.4. The zero-order chi connectivity index (χ0) is 23.2. The molecule has 0 saturated heterocycles. The summed E-state index contributed by atoms with van der Waals surface area (Å²) in [7, 11) is 0. The predicted molar refractivity (Wildman–Crippen MR) is 131 cm³/mol. The molecule has 0 radical (unpaired) electrons. The van der Waals surface area contributed by atoms with E-state index in [1.165, 1.54) is 11.8 Å². The highest BCUT2D eigenvalue weighted by molar-refractivity contribution is 8.01. The van der Waals surface area contributed by atoms with Crippen LogP contribution in [0, 0.1) is 0 Å². The van der Waals surface area contributed by atoms with E-state index in [2.05, 4.69) is 20.6 Å². The van der Waals surface area contributed by atoms with Crippen LogP contribution in [0.25, 0.3) is 11.3 Å². The summed E-state index contributed by atoms with van der Waals surface area (Å²) >= 11 is 1.40. The number of nitrogens with two attached hydrogens (primary N) is 1. The fourth-order valence-corrected chi connectivity index (χ4v) is 6.28. The molecule has 0 bridgehead atoms. The third-order valence-electron chi connectivity index (χ3n) is 6.73. The van der Waals surface area contributed by atoms with E-state index in [-0.39, 0.29) is 24.0 Å². The predicted octanol–water partition coefficient (Wildman–Crippen LogP) is 3.52. The van der Waals surface area contributed by atoms with Gasteiger partial charge in [-0.2, -0.15) is 0 Å². The van der Waals surface area contributed by atoms with Crippen molar-refractivity contribution < 1.29 is 9.59 Å². The van der Waals surface area contributed by atoms with Gasteiger partial charge in [-0.3, -0.25) is 14.7 Å². The first kappa shape index (κ1) is 21.1. The molecule has 3 aromatic rings. The van der Waals surface area contributed by atoms with Gasteiger partial charge < -0.3 is 16.4 Å². The van der Waals surface area contributed by atoms with Crippen LogP contribution in [0.1, 0.15) is 30.9 Å². The van der Waals surface area contributed by atoms with Gasteiger partial charge in [-0.25, -0.2) is 9.78 Å². The average molecular weight is 473 g/mol. The highest BCUT2D eigenvalue weighted by atomic mass is 32.2. The largest absolute Gasteiger partial charge is 0.351 e. The van der Waals surface area contributed by atoms with Gasteiger partial charge in [0.2, 0.25) is 5.91 Å². The van der Waals surface area contributed by atoms with Gasteiger partial charge in [0.25, 0.3) is 0 Å². The number of pyridine rings is 2. The van der Waals surface area contributed by atoms with Crippen LogP contribution < -0.4 is 21.3 Å². The molecular formula is C25H24N6O2S. The first-order valence-corrected chi connectivity index (χ1v) is 12.3. The van der Waals surface area contributed by atoms with E-state index in [4.69, 9.17) is 5.73 Å². The molecule has 3 aliphatic rings. The number of carbonyl (C=O) groups excluding carboxylic acids is 2. The van der Waals surface area contributed by atoms with Crippen molar-refractivity contribution in [1.82, 2.24) is 20.6 Å². The summed E-state index contributed by atoms with van der Waals surface area (Å²) in [5.74, 6) is -0.106. The number of carbonyl (C=O) groups is 2. The number of urea groups is 1. The van der Waals surface area contributed by atoms with Gasteiger partial charge in [0.1, 0.15) is 10.3 Å². The van der Waals surface area contributed by atoms with Gasteiger partial charge in [0.05, 0.1) is 23.1 Å². The van der Waals surface area contributed by atoms with Gasteiger partial charge in [0.15, 0.2) is 0 Å². The zero-order valence-electron chi connectivity index (χ0n) is 18.3. The molecule has 6 rings (SSSR count). The molecular weight excluding hydrogens is 448 g/mol. The van der Waals surface area contributed by atoms with Crippen LogP contribution >= 0.6 is 11.8 Å². The smallest absolute Gasteiger partial charge is 0.327 e. The van der Waals surface area contributed by atoms with Crippen LogP contribution in [0.2, 0.25) is 0 Å². The molecule has 1 aromatic carbocycles. The third kappa shape index (κ3) is 3.52. The molecule has 4 atom stereocenters. The lowest BCUT2D eigenvalue weighted by atomic mass is 9.99. The van der Waals surface area contributed by atoms with Crippen molar-refractivity contribution in [2.75, 3.05) is 4.90 Å². The quantitative estimate of drug-likeness (QED) is 0.536. The van der Waals surface area contributed by atoms with E-state index < -0.39 is 11.3 Å². The fraction of sp³-hybridized carbons (Fsp3) is 0.280. The number of anilines is 2. The Hall–Kier alpha value is -3.43. The number of hydrogen-bond acceptors (Lipinski definition) is 6. The number of nitrogens with one attached hydrogen (secondary N) is 2. The van der Waals surface area contributed by atoms with Crippen molar-refractivity contribution in [3.8, 4) is 11.3 Å². The normalized spacial score (nSPS) is 25.1. The second kappa shape index (κ2) is 8.41. The van der Waals surface area contributed by atoms with E-state index >= 15 is 0 Å². The lowest BCUT2D eigenvalue weighted by molar-refractivity contribution is -0.121. The summed E-state index contributed by atoms with van der Waals surface area (Å²) in [6.45, 7) is 0. The number of rotatable bonds is 4. The van der Waals surface area contributed by atoms with Crippen molar-refractivity contribution in [3.63, 3.8) is 0 Å². The minimum absolute atomic E-state index is 0.0200. The lowest BCUT2D eigenvalue weighted by Crippen LogP contribution is -2.52. The van der Waals surface area contributed by atoms with Crippen molar-refractivity contribution >= 4 is 35.1 Å². The van der Waals surface area contributed by atoms with Crippen molar-refractivity contribution in [2.24, 2.45) is 5.73 Å². The number of nitrogens with zero attached hydrogens (tertiary/aromatic N) is 3. The Morgan fingerprint density at radius 3 is 2.74 bits per heavy atom. The van der Waals surface area contributed by atoms with Crippen LogP contribution in [0.15, 0.2) is 66.0 Å². The molecule has 2 unspecified atom stereocenters. The Bertz CT molecular complexity index is 1270. The van der Waals surface area contributed by atoms with Crippen LogP contribution in [-0.2, 0) is 4.79 Å². The van der Waals surface area contributed by atoms with Gasteiger partial charge in [-0.15, -0.1) is 0 Å². The minimum Gasteiger partial charge on any atom is -0.351 e. The Kier molecular flexibility index (Phi) is 5.23. The summed E-state index contributed by atoms with van der Waals surface area (Å²) < 4.78 is 0. The fourth-order valence-electron chi connectivity index (χ4n) is 5.04. The molecule has 1 fully saturated rings. The average Bonchev–Trinajstić information content (AvgIpc) is 3.44. The zero-order valence-corrected chi connectivity index (χ0v) is 19.2. The van der Waals surface area contributed by atoms with Crippen LogP contribution in [0.5, 0.6) is 0 Å². The van der Waals surface area contributed by atoms with Crippen molar-refractivity contribution in [3.05, 3.63) is 66.5 Å². The molecule has 3 amide bonds. The summed E-state index contributed by atoms with van der Waals surface area (Å²) in [5.41, 5.74) is 10.2. The van der Waals surface area contributed by atoms with Gasteiger partial charge in [-0.05, 0) is 37.5 Å². The maximum Gasteiger partial charge on any atom is 0.327 e. The Morgan fingerprint density at radius 2 is 1.94 bits per heavy atom. The molecule has 1 aliphatic carbocycles. The molecule has 1 saturated carbocycles. The van der Waals surface area contributed by atoms with Gasteiger partial charge in [-0.1, -0.05) is 42.1 Å². The van der Waals surface area contributed by atoms with Crippen molar-refractivity contribution in [2.45, 2.75) is 47.7 Å². The summed E-state index contributed by atoms with van der Waals surface area (Å²) in [6.07, 6.45) is 6.21. The minimum atomic E-state index is -0.486. The Labute approximate surface area is 201 Å². The molecule has 0 spiro atoms. The second-order valence-corrected chi connectivity index (χ2v) is 9.96. The maximum atomic E-state index is 13.4. The third-order valence-corrected chi connectivity index (χ3v) is 8.02. The molecule has 2 aliphatic heterocycles.